The number of carbonyl (C=O) groups excluding carboxylic acids is 1. The number of ether oxygens (including phenoxy) is 1. The lowest BCUT2D eigenvalue weighted by Gasteiger charge is -2.16. The van der Waals surface area contributed by atoms with E-state index in [-0.39, 0.29) is 6.61 Å². The Bertz CT molecular complexity index is 350. The molecule has 0 spiro atoms. The second kappa shape index (κ2) is 5.84. The number of aliphatic hydroxyl groups is 2. The Balaban J connectivity index is 2.73. The van der Waals surface area contributed by atoms with Crippen molar-refractivity contribution in [2.75, 3.05) is 6.61 Å². The summed E-state index contributed by atoms with van der Waals surface area (Å²) < 4.78 is 4.60. The maximum Gasteiger partial charge on any atom is 0.338 e. The first-order valence-electron chi connectivity index (χ1n) is 4.84. The SMILES string of the molecule is CCOC(=O)[C@@H](O)[C@H](O)c1ccc(Cl)cc1. The van der Waals surface area contributed by atoms with Gasteiger partial charge in [-0.2, -0.15) is 0 Å². The molecular weight excluding hydrogens is 232 g/mol. The molecular formula is C11H13ClO4. The minimum Gasteiger partial charge on any atom is -0.464 e. The van der Waals surface area contributed by atoms with Crippen LogP contribution in [0.4, 0.5) is 0 Å². The Morgan fingerprint density at radius 1 is 1.38 bits per heavy atom. The van der Waals surface area contributed by atoms with Gasteiger partial charge in [0.15, 0.2) is 6.10 Å². The lowest BCUT2D eigenvalue weighted by molar-refractivity contribution is -0.159. The van der Waals surface area contributed by atoms with Crippen LogP contribution in [0.3, 0.4) is 0 Å². The van der Waals surface area contributed by atoms with E-state index in [2.05, 4.69) is 4.74 Å². The molecule has 16 heavy (non-hydrogen) atoms. The number of carbonyl (C=O) groups is 1. The molecule has 88 valence electrons. The van der Waals surface area contributed by atoms with Crippen LogP contribution in [0.1, 0.15) is 18.6 Å². The lowest BCUT2D eigenvalue weighted by atomic mass is 10.0. The smallest absolute Gasteiger partial charge is 0.338 e. The maximum absolute atomic E-state index is 11.2. The Morgan fingerprint density at radius 2 is 1.94 bits per heavy atom. The van der Waals surface area contributed by atoms with E-state index in [9.17, 15) is 15.0 Å². The molecule has 0 saturated carbocycles. The summed E-state index contributed by atoms with van der Waals surface area (Å²) in [6, 6.07) is 6.21. The summed E-state index contributed by atoms with van der Waals surface area (Å²) in [6.07, 6.45) is -2.89. The van der Waals surface area contributed by atoms with Crippen LogP contribution >= 0.6 is 11.6 Å². The maximum atomic E-state index is 11.2. The van der Waals surface area contributed by atoms with Crippen LogP contribution in [0.2, 0.25) is 5.02 Å². The second-order valence-electron chi connectivity index (χ2n) is 3.19. The fraction of sp³-hybridized carbons (Fsp3) is 0.364. The molecule has 0 unspecified atom stereocenters. The van der Waals surface area contributed by atoms with Gasteiger partial charge in [-0.3, -0.25) is 0 Å². The zero-order valence-electron chi connectivity index (χ0n) is 8.76. The minimum atomic E-state index is -1.58. The quantitative estimate of drug-likeness (QED) is 0.784. The van der Waals surface area contributed by atoms with Gasteiger partial charge in [0.1, 0.15) is 6.10 Å². The molecule has 0 radical (unpaired) electrons. The van der Waals surface area contributed by atoms with Gasteiger partial charge in [0.25, 0.3) is 0 Å². The molecule has 1 aromatic rings. The summed E-state index contributed by atoms with van der Waals surface area (Å²) in [4.78, 5) is 11.2. The van der Waals surface area contributed by atoms with Gasteiger partial charge in [-0.25, -0.2) is 4.79 Å². The Labute approximate surface area is 98.4 Å². The van der Waals surface area contributed by atoms with E-state index in [4.69, 9.17) is 11.6 Å². The Morgan fingerprint density at radius 3 is 2.44 bits per heavy atom. The Hall–Kier alpha value is -1.10. The molecule has 1 rings (SSSR count). The first-order chi connectivity index (χ1) is 7.56. The fourth-order valence-corrected chi connectivity index (χ4v) is 1.32. The van der Waals surface area contributed by atoms with Crippen LogP contribution in [0.5, 0.6) is 0 Å². The van der Waals surface area contributed by atoms with E-state index >= 15 is 0 Å². The number of aliphatic hydroxyl groups excluding tert-OH is 2. The van der Waals surface area contributed by atoms with Crippen molar-refractivity contribution >= 4 is 17.6 Å². The van der Waals surface area contributed by atoms with Gasteiger partial charge in [0, 0.05) is 5.02 Å². The van der Waals surface area contributed by atoms with Gasteiger partial charge < -0.3 is 14.9 Å². The summed E-state index contributed by atoms with van der Waals surface area (Å²) in [5.41, 5.74) is 0.407. The summed E-state index contributed by atoms with van der Waals surface area (Å²) in [6.45, 7) is 1.78. The van der Waals surface area contributed by atoms with Gasteiger partial charge in [0.05, 0.1) is 6.61 Å². The number of halogens is 1. The molecule has 0 amide bonds. The lowest BCUT2D eigenvalue weighted by Crippen LogP contribution is -2.29. The van der Waals surface area contributed by atoms with E-state index in [0.29, 0.717) is 10.6 Å². The predicted octanol–water partition coefficient (Wildman–Crippen LogP) is 1.30. The first kappa shape index (κ1) is 13.0. The van der Waals surface area contributed by atoms with E-state index in [0.717, 1.165) is 0 Å². The van der Waals surface area contributed by atoms with Gasteiger partial charge in [-0.05, 0) is 24.6 Å². The molecule has 0 heterocycles. The van der Waals surface area contributed by atoms with Gasteiger partial charge in [-0.15, -0.1) is 0 Å². The third-order valence-corrected chi connectivity index (χ3v) is 2.29. The molecule has 0 aromatic heterocycles. The fourth-order valence-electron chi connectivity index (χ4n) is 1.20. The number of hydrogen-bond donors (Lipinski definition) is 2. The van der Waals surface area contributed by atoms with Crippen LogP contribution in [0, 0.1) is 0 Å². The van der Waals surface area contributed by atoms with Crippen LogP contribution in [0.25, 0.3) is 0 Å². The standard InChI is InChI=1S/C11H13ClO4/c1-2-16-11(15)10(14)9(13)7-3-5-8(12)6-4-7/h3-6,9-10,13-14H,2H2,1H3/t9-,10+/m1/s1. The summed E-state index contributed by atoms with van der Waals surface area (Å²) >= 11 is 5.67. The number of esters is 1. The van der Waals surface area contributed by atoms with Crippen LogP contribution < -0.4 is 0 Å². The van der Waals surface area contributed by atoms with Crippen molar-refractivity contribution in [3.8, 4) is 0 Å². The van der Waals surface area contributed by atoms with Crippen molar-refractivity contribution in [2.24, 2.45) is 0 Å². The topological polar surface area (TPSA) is 66.8 Å². The number of benzene rings is 1. The zero-order valence-corrected chi connectivity index (χ0v) is 9.52. The summed E-state index contributed by atoms with van der Waals surface area (Å²) in [5.74, 6) is -0.843. The molecule has 0 fully saturated rings. The van der Waals surface area contributed by atoms with Crippen molar-refractivity contribution < 1.29 is 19.7 Å². The minimum absolute atomic E-state index is 0.156. The molecule has 0 bridgehead atoms. The monoisotopic (exact) mass is 244 g/mol. The highest BCUT2D eigenvalue weighted by molar-refractivity contribution is 6.30. The van der Waals surface area contributed by atoms with E-state index in [1.54, 1.807) is 19.1 Å². The molecule has 2 N–H and O–H groups in total. The molecule has 0 saturated heterocycles. The molecule has 0 aliphatic heterocycles. The average Bonchev–Trinajstić information content (AvgIpc) is 2.28. The van der Waals surface area contributed by atoms with Crippen LogP contribution in [-0.4, -0.2) is 28.9 Å². The molecule has 1 aromatic carbocycles. The number of rotatable bonds is 4. The highest BCUT2D eigenvalue weighted by atomic mass is 35.5. The molecule has 2 atom stereocenters. The van der Waals surface area contributed by atoms with Crippen LogP contribution in [-0.2, 0) is 9.53 Å². The van der Waals surface area contributed by atoms with Gasteiger partial charge in [0.2, 0.25) is 0 Å². The largest absolute Gasteiger partial charge is 0.464 e. The highest BCUT2D eigenvalue weighted by Gasteiger charge is 2.26. The van der Waals surface area contributed by atoms with Crippen molar-refractivity contribution in [1.82, 2.24) is 0 Å². The molecule has 4 nitrogen and oxygen atoms in total. The van der Waals surface area contributed by atoms with E-state index in [1.807, 2.05) is 0 Å². The predicted molar refractivity (Wildman–Crippen MR) is 59.1 cm³/mol. The third-order valence-electron chi connectivity index (χ3n) is 2.04. The van der Waals surface area contributed by atoms with Crippen LogP contribution in [0.15, 0.2) is 24.3 Å². The van der Waals surface area contributed by atoms with E-state index in [1.165, 1.54) is 12.1 Å². The molecule has 5 heteroatoms. The van der Waals surface area contributed by atoms with Crippen molar-refractivity contribution in [3.05, 3.63) is 34.9 Å². The van der Waals surface area contributed by atoms with Crippen molar-refractivity contribution in [2.45, 2.75) is 19.1 Å². The Kier molecular flexibility index (Phi) is 4.73. The molecule has 0 aliphatic rings. The number of hydrogen-bond acceptors (Lipinski definition) is 4. The molecule has 0 aliphatic carbocycles. The normalized spacial score (nSPS) is 14.2. The van der Waals surface area contributed by atoms with Crippen molar-refractivity contribution in [1.29, 1.82) is 0 Å². The average molecular weight is 245 g/mol. The van der Waals surface area contributed by atoms with Gasteiger partial charge in [-0.1, -0.05) is 23.7 Å². The zero-order chi connectivity index (χ0) is 12.1. The first-order valence-corrected chi connectivity index (χ1v) is 5.22. The van der Waals surface area contributed by atoms with Gasteiger partial charge >= 0.3 is 5.97 Å². The van der Waals surface area contributed by atoms with Crippen molar-refractivity contribution in [3.63, 3.8) is 0 Å². The third kappa shape index (κ3) is 3.20. The van der Waals surface area contributed by atoms with E-state index < -0.39 is 18.2 Å². The highest BCUT2D eigenvalue weighted by Crippen LogP contribution is 2.19. The second-order valence-corrected chi connectivity index (χ2v) is 3.63. The summed E-state index contributed by atoms with van der Waals surface area (Å²) in [7, 11) is 0. The summed E-state index contributed by atoms with van der Waals surface area (Å²) in [5, 5.41) is 19.7.